The summed E-state index contributed by atoms with van der Waals surface area (Å²) in [5, 5.41) is 13.6. The maximum absolute atomic E-state index is 13.7. The van der Waals surface area contributed by atoms with Gasteiger partial charge in [-0.1, -0.05) is 45.9 Å². The molecule has 1 aliphatic rings. The number of hydrogen-bond donors (Lipinski definition) is 2. The fourth-order valence-corrected chi connectivity index (χ4v) is 4.82. The molecule has 1 aromatic carbocycles. The van der Waals surface area contributed by atoms with Crippen molar-refractivity contribution in [2.24, 2.45) is 11.8 Å². The van der Waals surface area contributed by atoms with Crippen molar-refractivity contribution >= 4 is 0 Å². The van der Waals surface area contributed by atoms with Crippen molar-refractivity contribution in [2.75, 3.05) is 0 Å². The van der Waals surface area contributed by atoms with E-state index in [1.807, 2.05) is 13.8 Å². The maximum Gasteiger partial charge on any atom is 0.331 e. The van der Waals surface area contributed by atoms with E-state index in [1.165, 1.54) is 0 Å². The summed E-state index contributed by atoms with van der Waals surface area (Å²) in [6.45, 7) is 8.52. The lowest BCUT2D eigenvalue weighted by Crippen LogP contribution is -2.42. The number of aromatic nitrogens is 4. The van der Waals surface area contributed by atoms with Gasteiger partial charge in [0.25, 0.3) is 11.1 Å². The Morgan fingerprint density at radius 1 is 0.865 bits per heavy atom. The molecule has 2 aromatic heterocycles. The van der Waals surface area contributed by atoms with Crippen LogP contribution in [0.3, 0.4) is 0 Å². The van der Waals surface area contributed by atoms with Gasteiger partial charge in [-0.2, -0.15) is 0 Å². The van der Waals surface area contributed by atoms with Crippen LogP contribution in [-0.4, -0.2) is 19.1 Å². The maximum atomic E-state index is 13.7. The van der Waals surface area contributed by atoms with E-state index < -0.39 is 34.3 Å². The number of fused-ring (bicyclic) bond motifs is 2. The molecule has 1 unspecified atom stereocenters. The highest BCUT2D eigenvalue weighted by atomic mass is 16.5. The summed E-state index contributed by atoms with van der Waals surface area (Å²) in [5.41, 5.74) is -2.71. The van der Waals surface area contributed by atoms with Crippen LogP contribution in [0.4, 0.5) is 0 Å². The molecule has 3 aromatic rings. The molecule has 3 heterocycles. The van der Waals surface area contributed by atoms with Crippen LogP contribution in [0.15, 0.2) is 43.4 Å². The minimum atomic E-state index is -1.12. The first-order valence-electron chi connectivity index (χ1n) is 12.8. The third-order valence-electron chi connectivity index (χ3n) is 6.72. The molecule has 0 amide bonds. The minimum Gasteiger partial charge on any atom is -0.860 e. The summed E-state index contributed by atoms with van der Waals surface area (Å²) >= 11 is 0. The smallest absolute Gasteiger partial charge is 0.331 e. The van der Waals surface area contributed by atoms with E-state index in [1.54, 1.807) is 24.3 Å². The van der Waals surface area contributed by atoms with Crippen LogP contribution >= 0.6 is 0 Å². The Bertz CT molecular complexity index is 1520. The standard InChI is InChI=1S/C27H34N4O6/c1-15(2)9-7-13-30-24(33)20(22(32)28-26(30)35)19-17-11-5-6-12-18(17)37-23-21(19)25(34)31(27(36)29-23)14-8-10-16(3)4/h5-6,11-12,15-16,19,33H,7-10,13-14H2,1-4H3,(H,29,36)(H,28,32,35)/p-1. The van der Waals surface area contributed by atoms with E-state index in [9.17, 15) is 24.3 Å². The van der Waals surface area contributed by atoms with Gasteiger partial charge >= 0.3 is 11.4 Å². The first-order chi connectivity index (χ1) is 17.6. The molecule has 0 saturated carbocycles. The van der Waals surface area contributed by atoms with Crippen LogP contribution in [0.2, 0.25) is 0 Å². The lowest BCUT2D eigenvalue weighted by Gasteiger charge is -2.30. The number of H-pyrrole nitrogens is 2. The number of nitrogens with zero attached hydrogens (tertiary/aromatic N) is 2. The molecule has 0 spiro atoms. The molecule has 37 heavy (non-hydrogen) atoms. The molecule has 0 fully saturated rings. The van der Waals surface area contributed by atoms with Crippen LogP contribution in [0.5, 0.6) is 17.5 Å². The Morgan fingerprint density at radius 2 is 1.46 bits per heavy atom. The van der Waals surface area contributed by atoms with Gasteiger partial charge in [0.2, 0.25) is 5.88 Å². The van der Waals surface area contributed by atoms with Crippen molar-refractivity contribution in [3.63, 3.8) is 0 Å². The fraction of sp³-hybridized carbons (Fsp3) is 0.481. The number of ether oxygens (including phenoxy) is 1. The predicted octanol–water partition coefficient (Wildman–Crippen LogP) is 2.62. The van der Waals surface area contributed by atoms with Gasteiger partial charge in [0.05, 0.1) is 11.5 Å². The molecule has 2 N–H and O–H groups in total. The second-order valence-electron chi connectivity index (χ2n) is 10.4. The fourth-order valence-electron chi connectivity index (χ4n) is 4.82. The zero-order valence-corrected chi connectivity index (χ0v) is 21.6. The molecular weight excluding hydrogens is 476 g/mol. The Kier molecular flexibility index (Phi) is 7.56. The predicted molar refractivity (Wildman–Crippen MR) is 138 cm³/mol. The lowest BCUT2D eigenvalue weighted by atomic mass is 9.84. The molecule has 10 nitrogen and oxygen atoms in total. The summed E-state index contributed by atoms with van der Waals surface area (Å²) in [6.07, 6.45) is 2.80. The van der Waals surface area contributed by atoms with Gasteiger partial charge in [0, 0.05) is 24.2 Å². The van der Waals surface area contributed by atoms with E-state index in [-0.39, 0.29) is 30.1 Å². The van der Waals surface area contributed by atoms with E-state index in [0.29, 0.717) is 36.0 Å². The van der Waals surface area contributed by atoms with E-state index in [2.05, 4.69) is 23.8 Å². The molecule has 1 atom stereocenters. The average molecular weight is 510 g/mol. The third-order valence-corrected chi connectivity index (χ3v) is 6.72. The molecule has 0 saturated heterocycles. The number of hydrogen-bond acceptors (Lipinski definition) is 6. The lowest BCUT2D eigenvalue weighted by molar-refractivity contribution is -0.281. The summed E-state index contributed by atoms with van der Waals surface area (Å²) in [5.74, 6) is -0.878. The van der Waals surface area contributed by atoms with E-state index >= 15 is 0 Å². The summed E-state index contributed by atoms with van der Waals surface area (Å²) in [7, 11) is 0. The Labute approximate surface area is 213 Å². The van der Waals surface area contributed by atoms with Crippen molar-refractivity contribution in [1.29, 1.82) is 0 Å². The van der Waals surface area contributed by atoms with Crippen LogP contribution in [-0.2, 0) is 13.1 Å². The van der Waals surface area contributed by atoms with Gasteiger partial charge in [-0.15, -0.1) is 0 Å². The molecule has 0 radical (unpaired) electrons. The number of para-hydroxylation sites is 1. The van der Waals surface area contributed by atoms with Crippen molar-refractivity contribution in [1.82, 2.24) is 19.1 Å². The summed E-state index contributed by atoms with van der Waals surface area (Å²) < 4.78 is 7.97. The van der Waals surface area contributed by atoms with Crippen LogP contribution in [0.1, 0.15) is 76.0 Å². The molecule has 1 aliphatic heterocycles. The molecule has 10 heteroatoms. The van der Waals surface area contributed by atoms with Crippen molar-refractivity contribution in [3.05, 3.63) is 82.6 Å². The topological polar surface area (TPSA) is 142 Å². The average Bonchev–Trinajstić information content (AvgIpc) is 2.82. The molecule has 4 rings (SSSR count). The number of rotatable bonds is 9. The van der Waals surface area contributed by atoms with Gasteiger partial charge in [0.15, 0.2) is 0 Å². The zero-order chi connectivity index (χ0) is 26.9. The van der Waals surface area contributed by atoms with Gasteiger partial charge in [-0.3, -0.25) is 24.1 Å². The minimum absolute atomic E-state index is 0.00201. The monoisotopic (exact) mass is 509 g/mol. The normalized spacial score (nSPS) is 14.5. The summed E-state index contributed by atoms with van der Waals surface area (Å²) in [6, 6.07) is 6.73. The Morgan fingerprint density at radius 3 is 2.11 bits per heavy atom. The molecule has 0 bridgehead atoms. The van der Waals surface area contributed by atoms with Gasteiger partial charge < -0.3 is 14.4 Å². The van der Waals surface area contributed by atoms with Gasteiger partial charge in [-0.25, -0.2) is 9.59 Å². The van der Waals surface area contributed by atoms with Crippen LogP contribution in [0.25, 0.3) is 0 Å². The van der Waals surface area contributed by atoms with Crippen LogP contribution in [0, 0.1) is 11.8 Å². The third kappa shape index (κ3) is 5.19. The number of aromatic amines is 2. The largest absolute Gasteiger partial charge is 0.860 e. The molecular formula is C27H33N4O6-. The van der Waals surface area contributed by atoms with Gasteiger partial charge in [-0.05, 0) is 49.5 Å². The quantitative estimate of drug-likeness (QED) is 0.355. The summed E-state index contributed by atoms with van der Waals surface area (Å²) in [4.78, 5) is 57.1. The second-order valence-corrected chi connectivity index (χ2v) is 10.4. The number of benzene rings is 1. The van der Waals surface area contributed by atoms with Crippen molar-refractivity contribution in [2.45, 2.75) is 72.4 Å². The second kappa shape index (κ2) is 10.7. The van der Waals surface area contributed by atoms with Crippen molar-refractivity contribution < 1.29 is 9.84 Å². The van der Waals surface area contributed by atoms with E-state index in [4.69, 9.17) is 4.74 Å². The highest BCUT2D eigenvalue weighted by Crippen LogP contribution is 2.44. The van der Waals surface area contributed by atoms with Gasteiger partial charge in [0.1, 0.15) is 5.75 Å². The Hall–Kier alpha value is -3.82. The van der Waals surface area contributed by atoms with E-state index in [0.717, 1.165) is 22.0 Å². The zero-order valence-electron chi connectivity index (χ0n) is 21.6. The Balaban J connectivity index is 1.93. The first kappa shape index (κ1) is 26.2. The van der Waals surface area contributed by atoms with Crippen molar-refractivity contribution in [3.8, 4) is 17.5 Å². The highest BCUT2D eigenvalue weighted by molar-refractivity contribution is 5.56. The SMILES string of the molecule is CC(C)CCCn1c([O-])c(C2c3ccccc3Oc3[nH]c(=O)n(CCCC(C)C)c(=O)c32)c(=O)[nH]c1=O. The van der Waals surface area contributed by atoms with Crippen LogP contribution < -0.4 is 32.3 Å². The molecule has 0 aliphatic carbocycles. The first-order valence-corrected chi connectivity index (χ1v) is 12.8. The number of nitrogens with one attached hydrogen (secondary N) is 2. The highest BCUT2D eigenvalue weighted by Gasteiger charge is 2.35. The molecule has 198 valence electrons.